The second kappa shape index (κ2) is 8.43. The zero-order valence-electron chi connectivity index (χ0n) is 15.4. The molecule has 0 atom stereocenters. The summed E-state index contributed by atoms with van der Waals surface area (Å²) in [5, 5.41) is 3.23. The molecule has 8 heteroatoms. The SMILES string of the molecule is O=C(CCn1cnc2sccc2c1=O)N1CCN(Cc2cccc(Cl)c2)CC1. The molecule has 1 fully saturated rings. The third kappa shape index (κ3) is 4.27. The van der Waals surface area contributed by atoms with E-state index in [9.17, 15) is 9.59 Å². The van der Waals surface area contributed by atoms with E-state index in [1.54, 1.807) is 6.07 Å². The summed E-state index contributed by atoms with van der Waals surface area (Å²) in [7, 11) is 0. The Morgan fingerprint density at radius 3 is 2.79 bits per heavy atom. The molecule has 0 saturated carbocycles. The minimum Gasteiger partial charge on any atom is -0.340 e. The lowest BCUT2D eigenvalue weighted by Crippen LogP contribution is -2.48. The summed E-state index contributed by atoms with van der Waals surface area (Å²) in [5.74, 6) is 0.0831. The van der Waals surface area contributed by atoms with E-state index < -0.39 is 0 Å². The highest BCUT2D eigenvalue weighted by Gasteiger charge is 2.21. The second-order valence-corrected chi connectivity index (χ2v) is 8.25. The van der Waals surface area contributed by atoms with Gasteiger partial charge in [-0.1, -0.05) is 23.7 Å². The molecule has 1 aromatic carbocycles. The molecular weight excluding hydrogens is 396 g/mol. The number of rotatable bonds is 5. The van der Waals surface area contributed by atoms with Crippen LogP contribution in [0.5, 0.6) is 0 Å². The number of amides is 1. The van der Waals surface area contributed by atoms with Gasteiger partial charge in [-0.05, 0) is 29.1 Å². The van der Waals surface area contributed by atoms with Gasteiger partial charge >= 0.3 is 0 Å². The van der Waals surface area contributed by atoms with Crippen molar-refractivity contribution in [3.05, 3.63) is 63.0 Å². The maximum Gasteiger partial charge on any atom is 0.262 e. The van der Waals surface area contributed by atoms with Crippen LogP contribution < -0.4 is 5.56 Å². The van der Waals surface area contributed by atoms with Gasteiger partial charge in [-0.25, -0.2) is 4.98 Å². The Morgan fingerprint density at radius 2 is 2.00 bits per heavy atom. The Labute approximate surface area is 172 Å². The number of thiophene rings is 1. The fourth-order valence-corrected chi connectivity index (χ4v) is 4.41. The highest BCUT2D eigenvalue weighted by Crippen LogP contribution is 2.15. The Bertz CT molecular complexity index is 1040. The van der Waals surface area contributed by atoms with E-state index in [0.29, 0.717) is 31.4 Å². The Balaban J connectivity index is 1.29. The molecule has 1 aliphatic heterocycles. The fourth-order valence-electron chi connectivity index (χ4n) is 3.48. The van der Waals surface area contributed by atoms with Crippen molar-refractivity contribution >= 4 is 39.1 Å². The monoisotopic (exact) mass is 416 g/mol. The molecule has 0 unspecified atom stereocenters. The number of aryl methyl sites for hydroxylation is 1. The minimum absolute atomic E-state index is 0.0783. The van der Waals surface area contributed by atoms with E-state index >= 15 is 0 Å². The van der Waals surface area contributed by atoms with Crippen LogP contribution in [0.2, 0.25) is 5.02 Å². The molecule has 28 heavy (non-hydrogen) atoms. The molecule has 0 radical (unpaired) electrons. The molecule has 6 nitrogen and oxygen atoms in total. The fraction of sp³-hybridized carbons (Fsp3) is 0.350. The van der Waals surface area contributed by atoms with E-state index in [-0.39, 0.29) is 11.5 Å². The first-order chi connectivity index (χ1) is 13.6. The normalized spacial score (nSPS) is 15.2. The van der Waals surface area contributed by atoms with Crippen molar-refractivity contribution in [1.29, 1.82) is 0 Å². The van der Waals surface area contributed by atoms with Crippen LogP contribution in [0.4, 0.5) is 0 Å². The number of carbonyl (C=O) groups is 1. The molecule has 0 N–H and O–H groups in total. The summed E-state index contributed by atoms with van der Waals surface area (Å²) in [4.78, 5) is 34.2. The average Bonchev–Trinajstić information content (AvgIpc) is 3.18. The topological polar surface area (TPSA) is 58.4 Å². The van der Waals surface area contributed by atoms with Gasteiger partial charge in [-0.3, -0.25) is 19.1 Å². The predicted octanol–water partition coefficient (Wildman–Crippen LogP) is 2.85. The van der Waals surface area contributed by atoms with Gasteiger partial charge in [0.25, 0.3) is 5.56 Å². The van der Waals surface area contributed by atoms with E-state index in [4.69, 9.17) is 11.6 Å². The number of hydrogen-bond acceptors (Lipinski definition) is 5. The van der Waals surface area contributed by atoms with Gasteiger partial charge in [0, 0.05) is 50.7 Å². The molecule has 146 valence electrons. The molecule has 1 aliphatic rings. The summed E-state index contributed by atoms with van der Waals surface area (Å²) in [6.45, 7) is 4.27. The lowest BCUT2D eigenvalue weighted by molar-refractivity contribution is -0.133. The molecule has 3 aromatic rings. The minimum atomic E-state index is -0.0783. The molecule has 3 heterocycles. The maximum absolute atomic E-state index is 12.6. The van der Waals surface area contributed by atoms with Crippen LogP contribution in [-0.2, 0) is 17.9 Å². The molecular formula is C20H21ClN4O2S. The van der Waals surface area contributed by atoms with E-state index in [1.165, 1.54) is 27.8 Å². The smallest absolute Gasteiger partial charge is 0.262 e. The van der Waals surface area contributed by atoms with Crippen molar-refractivity contribution in [2.45, 2.75) is 19.5 Å². The maximum atomic E-state index is 12.6. The zero-order chi connectivity index (χ0) is 19.5. The number of benzene rings is 1. The predicted molar refractivity (Wildman–Crippen MR) is 112 cm³/mol. The van der Waals surface area contributed by atoms with Gasteiger partial charge < -0.3 is 4.90 Å². The highest BCUT2D eigenvalue weighted by atomic mass is 35.5. The van der Waals surface area contributed by atoms with Crippen molar-refractivity contribution in [1.82, 2.24) is 19.4 Å². The number of nitrogens with zero attached hydrogens (tertiary/aromatic N) is 4. The third-order valence-corrected chi connectivity index (χ3v) is 6.09. The van der Waals surface area contributed by atoms with Gasteiger partial charge in [0.05, 0.1) is 11.7 Å². The summed E-state index contributed by atoms with van der Waals surface area (Å²) in [6, 6.07) is 9.67. The second-order valence-electron chi connectivity index (χ2n) is 6.92. The standard InChI is InChI=1S/C20H21ClN4O2S/c21-16-3-1-2-15(12-16)13-23-7-9-24(10-8-23)18(26)4-6-25-14-22-19-17(20(25)27)5-11-28-19/h1-3,5,11-12,14H,4,6-10,13H2. The number of piperazine rings is 1. The third-order valence-electron chi connectivity index (χ3n) is 5.04. The number of aromatic nitrogens is 2. The molecule has 1 saturated heterocycles. The zero-order valence-corrected chi connectivity index (χ0v) is 17.0. The highest BCUT2D eigenvalue weighted by molar-refractivity contribution is 7.16. The van der Waals surface area contributed by atoms with Gasteiger partial charge in [-0.2, -0.15) is 0 Å². The molecule has 0 bridgehead atoms. The quantitative estimate of drug-likeness (QED) is 0.641. The Hall–Kier alpha value is -2.22. The van der Waals surface area contributed by atoms with Crippen LogP contribution in [0.1, 0.15) is 12.0 Å². The first-order valence-corrected chi connectivity index (χ1v) is 10.5. The summed E-state index contributed by atoms with van der Waals surface area (Å²) < 4.78 is 1.53. The number of fused-ring (bicyclic) bond motifs is 1. The number of carbonyl (C=O) groups excluding carboxylic acids is 1. The molecule has 1 amide bonds. The van der Waals surface area contributed by atoms with E-state index in [1.807, 2.05) is 28.5 Å². The van der Waals surface area contributed by atoms with Gasteiger partial charge in [0.2, 0.25) is 5.91 Å². The molecule has 2 aromatic heterocycles. The largest absolute Gasteiger partial charge is 0.340 e. The van der Waals surface area contributed by atoms with Crippen LogP contribution in [0.3, 0.4) is 0 Å². The Morgan fingerprint density at radius 1 is 1.18 bits per heavy atom. The molecule has 0 spiro atoms. The van der Waals surface area contributed by atoms with E-state index in [2.05, 4.69) is 16.0 Å². The summed E-state index contributed by atoms with van der Waals surface area (Å²) in [5.41, 5.74) is 1.10. The average molecular weight is 417 g/mol. The van der Waals surface area contributed by atoms with Crippen molar-refractivity contribution in [2.24, 2.45) is 0 Å². The van der Waals surface area contributed by atoms with Crippen LogP contribution in [-0.4, -0.2) is 51.4 Å². The van der Waals surface area contributed by atoms with Crippen LogP contribution in [0, 0.1) is 0 Å². The van der Waals surface area contributed by atoms with E-state index in [0.717, 1.165) is 29.5 Å². The van der Waals surface area contributed by atoms with Crippen LogP contribution >= 0.6 is 22.9 Å². The number of halogens is 1. The molecule has 4 rings (SSSR count). The van der Waals surface area contributed by atoms with Crippen molar-refractivity contribution in [3.8, 4) is 0 Å². The lowest BCUT2D eigenvalue weighted by Gasteiger charge is -2.34. The van der Waals surface area contributed by atoms with Crippen LogP contribution in [0.15, 0.2) is 46.8 Å². The van der Waals surface area contributed by atoms with Crippen LogP contribution in [0.25, 0.3) is 10.2 Å². The lowest BCUT2D eigenvalue weighted by atomic mass is 10.2. The summed E-state index contributed by atoms with van der Waals surface area (Å²) in [6.07, 6.45) is 1.85. The Kier molecular flexibility index (Phi) is 5.75. The first kappa shape index (κ1) is 19.1. The molecule has 0 aliphatic carbocycles. The van der Waals surface area contributed by atoms with Gasteiger partial charge in [0.15, 0.2) is 0 Å². The van der Waals surface area contributed by atoms with Crippen molar-refractivity contribution in [3.63, 3.8) is 0 Å². The van der Waals surface area contributed by atoms with Crippen molar-refractivity contribution in [2.75, 3.05) is 26.2 Å². The van der Waals surface area contributed by atoms with Gasteiger partial charge in [-0.15, -0.1) is 11.3 Å². The first-order valence-electron chi connectivity index (χ1n) is 9.27. The van der Waals surface area contributed by atoms with Gasteiger partial charge in [0.1, 0.15) is 4.83 Å². The number of hydrogen-bond donors (Lipinski definition) is 0. The summed E-state index contributed by atoms with van der Waals surface area (Å²) >= 11 is 7.50. The van der Waals surface area contributed by atoms with Crippen molar-refractivity contribution < 1.29 is 4.79 Å².